The van der Waals surface area contributed by atoms with E-state index in [0.29, 0.717) is 11.4 Å². The van der Waals surface area contributed by atoms with Crippen molar-refractivity contribution in [3.63, 3.8) is 0 Å². The lowest BCUT2D eigenvalue weighted by molar-refractivity contribution is 0.607. The van der Waals surface area contributed by atoms with Crippen LogP contribution < -0.4 is 4.72 Å². The summed E-state index contributed by atoms with van der Waals surface area (Å²) in [5.74, 6) is 0. The zero-order chi connectivity index (χ0) is 12.9. The van der Waals surface area contributed by atoms with Gasteiger partial charge in [0.05, 0.1) is 11.9 Å². The first-order chi connectivity index (χ1) is 7.29. The number of pyridine rings is 1. The van der Waals surface area contributed by atoms with Crippen LogP contribution >= 0.6 is 11.6 Å². The minimum absolute atomic E-state index is 0.277. The number of aryl methyl sites for hydroxylation is 1. The Kier molecular flexibility index (Phi) is 5.75. The first kappa shape index (κ1) is 15.2. The Labute approximate surface area is 102 Å². The van der Waals surface area contributed by atoms with E-state index in [1.165, 1.54) is 6.07 Å². The van der Waals surface area contributed by atoms with Crippen molar-refractivity contribution in [1.82, 2.24) is 4.98 Å². The molecule has 16 heavy (non-hydrogen) atoms. The Balaban J connectivity index is 0.00000106. The number of aromatic nitrogens is 1. The minimum atomic E-state index is -3.27. The summed E-state index contributed by atoms with van der Waals surface area (Å²) in [5.41, 5.74) is 1.97. The maximum Gasteiger partial charge on any atom is 0.229 e. The summed E-state index contributed by atoms with van der Waals surface area (Å²) in [6.45, 7) is 7.56. The van der Waals surface area contributed by atoms with Gasteiger partial charge in [0.1, 0.15) is 5.15 Å². The van der Waals surface area contributed by atoms with Crippen molar-refractivity contribution in [2.24, 2.45) is 0 Å². The molecule has 0 aliphatic rings. The van der Waals surface area contributed by atoms with Crippen molar-refractivity contribution in [2.75, 3.05) is 11.0 Å². The molecule has 6 heteroatoms. The molecule has 0 aliphatic heterocycles. The second-order valence-electron chi connectivity index (χ2n) is 3.08. The second-order valence-corrected chi connectivity index (χ2v) is 5.21. The minimum Gasteiger partial charge on any atom is -0.283 e. The molecule has 0 atom stereocenters. The number of anilines is 1. The van der Waals surface area contributed by atoms with Crippen molar-refractivity contribution in [1.29, 1.82) is 0 Å². The molecule has 0 amide bonds. The summed E-state index contributed by atoms with van der Waals surface area (Å²) in [6, 6.07) is 1.49. The maximum atomic E-state index is 11.0. The van der Waals surface area contributed by atoms with Crippen LogP contribution in [0.1, 0.15) is 25.1 Å². The first-order valence-corrected chi connectivity index (χ1v) is 7.18. The van der Waals surface area contributed by atoms with Gasteiger partial charge in [-0.2, -0.15) is 0 Å². The van der Waals surface area contributed by atoms with E-state index in [-0.39, 0.29) is 5.15 Å². The molecule has 1 N–H and O–H groups in total. The van der Waals surface area contributed by atoms with E-state index in [2.05, 4.69) is 9.71 Å². The SMILES string of the molecule is CC.Cc1nc(Cl)cc(NS(C)(=O)=O)c1C. The third kappa shape index (κ3) is 4.81. The largest absolute Gasteiger partial charge is 0.283 e. The average molecular weight is 265 g/mol. The summed E-state index contributed by atoms with van der Waals surface area (Å²) in [4.78, 5) is 3.99. The van der Waals surface area contributed by atoms with Gasteiger partial charge in [-0.25, -0.2) is 13.4 Å². The van der Waals surface area contributed by atoms with E-state index in [9.17, 15) is 8.42 Å². The highest BCUT2D eigenvalue weighted by molar-refractivity contribution is 7.92. The van der Waals surface area contributed by atoms with Crippen LogP contribution in [0.5, 0.6) is 0 Å². The Bertz CT molecular complexity index is 458. The summed E-state index contributed by atoms with van der Waals surface area (Å²) < 4.78 is 24.4. The Morgan fingerprint density at radius 3 is 2.25 bits per heavy atom. The quantitative estimate of drug-likeness (QED) is 0.836. The summed E-state index contributed by atoms with van der Waals surface area (Å²) in [7, 11) is -3.27. The molecular weight excluding hydrogens is 248 g/mol. The van der Waals surface area contributed by atoms with Gasteiger partial charge in [0.15, 0.2) is 0 Å². The van der Waals surface area contributed by atoms with Crippen molar-refractivity contribution >= 4 is 27.3 Å². The fourth-order valence-electron chi connectivity index (χ4n) is 1.00. The number of sulfonamides is 1. The Morgan fingerprint density at radius 2 is 1.81 bits per heavy atom. The number of rotatable bonds is 2. The van der Waals surface area contributed by atoms with E-state index in [1.807, 2.05) is 13.8 Å². The van der Waals surface area contributed by atoms with Gasteiger partial charge < -0.3 is 0 Å². The topological polar surface area (TPSA) is 59.1 Å². The number of halogens is 1. The second kappa shape index (κ2) is 6.06. The van der Waals surface area contributed by atoms with Crippen LogP contribution in [0.4, 0.5) is 5.69 Å². The molecule has 0 saturated carbocycles. The summed E-state index contributed by atoms with van der Waals surface area (Å²) in [6.07, 6.45) is 1.09. The molecule has 1 aromatic rings. The standard InChI is InChI=1S/C8H11ClN2O2S.C2H6/c1-5-6(2)10-8(9)4-7(5)11-14(3,12)13;1-2/h4H,1-3H3,(H,10,11);1-2H3. The highest BCUT2D eigenvalue weighted by Gasteiger charge is 2.08. The van der Waals surface area contributed by atoms with Crippen LogP contribution in [0.25, 0.3) is 0 Å². The van der Waals surface area contributed by atoms with Gasteiger partial charge in [0.2, 0.25) is 10.0 Å². The van der Waals surface area contributed by atoms with Gasteiger partial charge in [0.25, 0.3) is 0 Å². The number of hydrogen-bond acceptors (Lipinski definition) is 3. The number of nitrogens with one attached hydrogen (secondary N) is 1. The van der Waals surface area contributed by atoms with Gasteiger partial charge in [-0.1, -0.05) is 25.4 Å². The van der Waals surface area contributed by atoms with Gasteiger partial charge in [0, 0.05) is 5.69 Å². The maximum absolute atomic E-state index is 11.0. The number of hydrogen-bond donors (Lipinski definition) is 1. The van der Waals surface area contributed by atoms with E-state index in [0.717, 1.165) is 11.8 Å². The molecule has 0 spiro atoms. The summed E-state index contributed by atoms with van der Waals surface area (Å²) in [5, 5.41) is 0.277. The molecule has 0 bridgehead atoms. The van der Waals surface area contributed by atoms with Crippen molar-refractivity contribution in [3.8, 4) is 0 Å². The first-order valence-electron chi connectivity index (χ1n) is 4.91. The van der Waals surface area contributed by atoms with Crippen LogP contribution in [0.15, 0.2) is 6.07 Å². The molecule has 0 fully saturated rings. The van der Waals surface area contributed by atoms with Crippen LogP contribution in [0.2, 0.25) is 5.15 Å². The van der Waals surface area contributed by atoms with E-state index >= 15 is 0 Å². The molecule has 0 unspecified atom stereocenters. The van der Waals surface area contributed by atoms with Gasteiger partial charge in [-0.15, -0.1) is 0 Å². The monoisotopic (exact) mass is 264 g/mol. The normalized spacial score (nSPS) is 10.4. The molecule has 0 saturated heterocycles. The molecule has 1 heterocycles. The lowest BCUT2D eigenvalue weighted by atomic mass is 10.2. The molecule has 0 aliphatic carbocycles. The highest BCUT2D eigenvalue weighted by atomic mass is 35.5. The molecule has 4 nitrogen and oxygen atoms in total. The predicted octanol–water partition coefficient (Wildman–Crippen LogP) is 2.75. The molecular formula is C10H17ClN2O2S. The zero-order valence-electron chi connectivity index (χ0n) is 10.1. The fourth-order valence-corrected chi connectivity index (χ4v) is 1.85. The third-order valence-corrected chi connectivity index (χ3v) is 2.56. The molecule has 1 aromatic heterocycles. The van der Waals surface area contributed by atoms with Crippen molar-refractivity contribution in [2.45, 2.75) is 27.7 Å². The van der Waals surface area contributed by atoms with Gasteiger partial charge in [-0.05, 0) is 25.5 Å². The highest BCUT2D eigenvalue weighted by Crippen LogP contribution is 2.21. The van der Waals surface area contributed by atoms with Crippen molar-refractivity contribution < 1.29 is 8.42 Å². The molecule has 0 aromatic carbocycles. The fraction of sp³-hybridized carbons (Fsp3) is 0.500. The smallest absolute Gasteiger partial charge is 0.229 e. The van der Waals surface area contributed by atoms with Gasteiger partial charge >= 0.3 is 0 Å². The van der Waals surface area contributed by atoms with Crippen LogP contribution in [0.3, 0.4) is 0 Å². The van der Waals surface area contributed by atoms with Crippen molar-refractivity contribution in [3.05, 3.63) is 22.5 Å². The molecule has 1 rings (SSSR count). The lowest BCUT2D eigenvalue weighted by Crippen LogP contribution is -2.11. The molecule has 92 valence electrons. The predicted molar refractivity (Wildman–Crippen MR) is 68.5 cm³/mol. The Morgan fingerprint density at radius 1 is 1.31 bits per heavy atom. The van der Waals surface area contributed by atoms with Crippen LogP contribution in [-0.2, 0) is 10.0 Å². The third-order valence-electron chi connectivity index (χ3n) is 1.78. The Hall–Kier alpha value is -0.810. The van der Waals surface area contributed by atoms with E-state index in [1.54, 1.807) is 13.8 Å². The summed E-state index contributed by atoms with van der Waals surface area (Å²) >= 11 is 5.71. The average Bonchev–Trinajstić information content (AvgIpc) is 2.14. The van der Waals surface area contributed by atoms with E-state index in [4.69, 9.17) is 11.6 Å². The molecule has 0 radical (unpaired) electrons. The van der Waals surface area contributed by atoms with Gasteiger partial charge in [-0.3, -0.25) is 4.72 Å². The van der Waals surface area contributed by atoms with E-state index < -0.39 is 10.0 Å². The van der Waals surface area contributed by atoms with Crippen LogP contribution in [-0.4, -0.2) is 19.7 Å². The van der Waals surface area contributed by atoms with Crippen LogP contribution in [0, 0.1) is 13.8 Å². The zero-order valence-corrected chi connectivity index (χ0v) is 11.7. The lowest BCUT2D eigenvalue weighted by Gasteiger charge is -2.09. The number of nitrogens with zero attached hydrogens (tertiary/aromatic N) is 1.